The topological polar surface area (TPSA) is 30.0 Å². The zero-order valence-electron chi connectivity index (χ0n) is 9.48. The highest BCUT2D eigenvalue weighted by molar-refractivity contribution is 7.13. The van der Waals surface area contributed by atoms with Crippen molar-refractivity contribution in [2.45, 2.75) is 25.7 Å². The molecule has 0 bridgehead atoms. The van der Waals surface area contributed by atoms with Crippen LogP contribution < -0.4 is 0 Å². The fourth-order valence-electron chi connectivity index (χ4n) is 2.64. The first-order valence-corrected chi connectivity index (χ1v) is 6.74. The Morgan fingerprint density at radius 1 is 1.35 bits per heavy atom. The smallest absolute Gasteiger partial charge is 0.124 e. The minimum Gasteiger partial charge on any atom is -0.303 e. The SMILES string of the molecule is O=CCc1c(-c2cncs2)ccc2c1CCC2. The predicted octanol–water partition coefficient (Wildman–Crippen LogP) is 3.04. The number of hydrogen-bond acceptors (Lipinski definition) is 3. The van der Waals surface area contributed by atoms with E-state index in [-0.39, 0.29) is 0 Å². The molecule has 3 rings (SSSR count). The first-order chi connectivity index (χ1) is 8.40. The molecular formula is C14H13NOS. The number of carbonyl (C=O) groups excluding carboxylic acids is 1. The molecule has 0 N–H and O–H groups in total. The van der Waals surface area contributed by atoms with Gasteiger partial charge in [-0.2, -0.15) is 0 Å². The molecule has 0 amide bonds. The Labute approximate surface area is 104 Å². The van der Waals surface area contributed by atoms with Gasteiger partial charge < -0.3 is 4.79 Å². The average molecular weight is 243 g/mol. The zero-order valence-corrected chi connectivity index (χ0v) is 10.3. The molecule has 0 aliphatic heterocycles. The molecule has 3 heteroatoms. The van der Waals surface area contributed by atoms with Crippen LogP contribution in [0.3, 0.4) is 0 Å². The van der Waals surface area contributed by atoms with Crippen molar-refractivity contribution in [2.24, 2.45) is 0 Å². The number of aromatic nitrogens is 1. The monoisotopic (exact) mass is 243 g/mol. The van der Waals surface area contributed by atoms with Crippen molar-refractivity contribution in [2.75, 3.05) is 0 Å². The summed E-state index contributed by atoms with van der Waals surface area (Å²) in [5.74, 6) is 0. The van der Waals surface area contributed by atoms with Crippen molar-refractivity contribution in [3.8, 4) is 10.4 Å². The van der Waals surface area contributed by atoms with Crippen LogP contribution in [0.15, 0.2) is 23.8 Å². The maximum atomic E-state index is 10.9. The summed E-state index contributed by atoms with van der Waals surface area (Å²) in [5, 5.41) is 0. The van der Waals surface area contributed by atoms with Gasteiger partial charge in [-0.3, -0.25) is 4.98 Å². The Kier molecular flexibility index (Phi) is 2.77. The van der Waals surface area contributed by atoms with Gasteiger partial charge in [0.1, 0.15) is 6.29 Å². The van der Waals surface area contributed by atoms with E-state index in [1.807, 2.05) is 11.7 Å². The lowest BCUT2D eigenvalue weighted by Gasteiger charge is -2.11. The van der Waals surface area contributed by atoms with E-state index in [4.69, 9.17) is 0 Å². The molecule has 0 unspecified atom stereocenters. The van der Waals surface area contributed by atoms with E-state index in [1.165, 1.54) is 28.7 Å². The number of fused-ring (bicyclic) bond motifs is 1. The van der Waals surface area contributed by atoms with Crippen LogP contribution in [0.25, 0.3) is 10.4 Å². The Morgan fingerprint density at radius 2 is 2.29 bits per heavy atom. The maximum absolute atomic E-state index is 10.9. The molecule has 2 aromatic rings. The standard InChI is InChI=1S/C14H13NOS/c16-7-6-12-11-3-1-2-10(11)4-5-13(12)14-8-15-9-17-14/h4-5,7-9H,1-3,6H2. The van der Waals surface area contributed by atoms with Crippen LogP contribution in [0.5, 0.6) is 0 Å². The third-order valence-corrected chi connectivity index (χ3v) is 4.19. The molecule has 1 heterocycles. The second-order valence-electron chi connectivity index (χ2n) is 4.32. The molecule has 0 fully saturated rings. The second-order valence-corrected chi connectivity index (χ2v) is 5.21. The highest BCUT2D eigenvalue weighted by Crippen LogP contribution is 2.34. The van der Waals surface area contributed by atoms with Gasteiger partial charge in [0.15, 0.2) is 0 Å². The summed E-state index contributed by atoms with van der Waals surface area (Å²) in [7, 11) is 0. The van der Waals surface area contributed by atoms with Crippen molar-refractivity contribution in [1.82, 2.24) is 4.98 Å². The average Bonchev–Trinajstić information content (AvgIpc) is 3.00. The molecular weight excluding hydrogens is 230 g/mol. The summed E-state index contributed by atoms with van der Waals surface area (Å²) in [5.41, 5.74) is 7.09. The number of aldehydes is 1. The lowest BCUT2D eigenvalue weighted by molar-refractivity contribution is -0.107. The summed E-state index contributed by atoms with van der Waals surface area (Å²) < 4.78 is 0. The Balaban J connectivity index is 2.18. The van der Waals surface area contributed by atoms with E-state index < -0.39 is 0 Å². The van der Waals surface area contributed by atoms with Gasteiger partial charge in [0.05, 0.1) is 10.4 Å². The maximum Gasteiger partial charge on any atom is 0.124 e. The van der Waals surface area contributed by atoms with Crippen molar-refractivity contribution in [3.63, 3.8) is 0 Å². The van der Waals surface area contributed by atoms with Crippen LogP contribution in [0, 0.1) is 0 Å². The molecule has 86 valence electrons. The van der Waals surface area contributed by atoms with Gasteiger partial charge in [0.25, 0.3) is 0 Å². The summed E-state index contributed by atoms with van der Waals surface area (Å²) in [6, 6.07) is 4.36. The third kappa shape index (κ3) is 1.80. The number of hydrogen-bond donors (Lipinski definition) is 0. The molecule has 17 heavy (non-hydrogen) atoms. The van der Waals surface area contributed by atoms with Gasteiger partial charge in [-0.15, -0.1) is 11.3 Å². The van der Waals surface area contributed by atoms with Crippen LogP contribution in [0.2, 0.25) is 0 Å². The van der Waals surface area contributed by atoms with Gasteiger partial charge in [-0.1, -0.05) is 12.1 Å². The Bertz CT molecular complexity index is 546. The number of rotatable bonds is 3. The number of benzene rings is 1. The molecule has 0 radical (unpaired) electrons. The normalized spacial score (nSPS) is 13.6. The predicted molar refractivity (Wildman–Crippen MR) is 69.3 cm³/mol. The lowest BCUT2D eigenvalue weighted by atomic mass is 9.95. The Morgan fingerprint density at radius 3 is 3.06 bits per heavy atom. The first kappa shape index (κ1) is 10.7. The third-order valence-electron chi connectivity index (χ3n) is 3.39. The molecule has 2 nitrogen and oxygen atoms in total. The van der Waals surface area contributed by atoms with Crippen LogP contribution >= 0.6 is 11.3 Å². The molecule has 0 spiro atoms. The Hall–Kier alpha value is -1.48. The van der Waals surface area contributed by atoms with Gasteiger partial charge in [0.2, 0.25) is 0 Å². The van der Waals surface area contributed by atoms with Crippen LogP contribution in [-0.2, 0) is 24.1 Å². The van der Waals surface area contributed by atoms with E-state index in [1.54, 1.807) is 11.3 Å². The fraction of sp³-hybridized carbons (Fsp3) is 0.286. The van der Waals surface area contributed by atoms with Crippen LogP contribution in [0.1, 0.15) is 23.1 Å². The fourth-order valence-corrected chi connectivity index (χ4v) is 3.31. The molecule has 0 saturated heterocycles. The van der Waals surface area contributed by atoms with Crippen molar-refractivity contribution >= 4 is 17.6 Å². The zero-order chi connectivity index (χ0) is 11.7. The highest BCUT2D eigenvalue weighted by Gasteiger charge is 2.18. The highest BCUT2D eigenvalue weighted by atomic mass is 32.1. The van der Waals surface area contributed by atoms with Crippen LogP contribution in [0.4, 0.5) is 0 Å². The minimum atomic E-state index is 0.524. The van der Waals surface area contributed by atoms with Gasteiger partial charge in [-0.05, 0) is 41.5 Å². The molecule has 1 aliphatic rings. The largest absolute Gasteiger partial charge is 0.303 e. The number of aryl methyl sites for hydroxylation is 1. The minimum absolute atomic E-state index is 0.524. The number of thiazole rings is 1. The number of nitrogens with zero attached hydrogens (tertiary/aromatic N) is 1. The van der Waals surface area contributed by atoms with Gasteiger partial charge in [0, 0.05) is 12.6 Å². The summed E-state index contributed by atoms with van der Waals surface area (Å²) >= 11 is 1.63. The van der Waals surface area contributed by atoms with Gasteiger partial charge in [-0.25, -0.2) is 0 Å². The molecule has 1 aliphatic carbocycles. The van der Waals surface area contributed by atoms with E-state index in [2.05, 4.69) is 17.1 Å². The molecule has 0 saturated carbocycles. The van der Waals surface area contributed by atoms with Crippen LogP contribution in [-0.4, -0.2) is 11.3 Å². The summed E-state index contributed by atoms with van der Waals surface area (Å²) in [4.78, 5) is 16.2. The van der Waals surface area contributed by atoms with E-state index in [0.29, 0.717) is 6.42 Å². The molecule has 1 aromatic carbocycles. The van der Waals surface area contributed by atoms with Gasteiger partial charge >= 0.3 is 0 Å². The van der Waals surface area contributed by atoms with E-state index in [9.17, 15) is 4.79 Å². The summed E-state index contributed by atoms with van der Waals surface area (Å²) in [6.45, 7) is 0. The van der Waals surface area contributed by atoms with Crippen molar-refractivity contribution < 1.29 is 4.79 Å². The van der Waals surface area contributed by atoms with E-state index >= 15 is 0 Å². The number of carbonyl (C=O) groups is 1. The van der Waals surface area contributed by atoms with Crippen molar-refractivity contribution in [1.29, 1.82) is 0 Å². The molecule has 1 aromatic heterocycles. The second kappa shape index (κ2) is 4.41. The molecule has 0 atom stereocenters. The lowest BCUT2D eigenvalue weighted by Crippen LogP contribution is -1.97. The quantitative estimate of drug-likeness (QED) is 0.776. The first-order valence-electron chi connectivity index (χ1n) is 5.86. The van der Waals surface area contributed by atoms with E-state index in [0.717, 1.165) is 24.0 Å². The summed E-state index contributed by atoms with van der Waals surface area (Å²) in [6.07, 6.45) is 6.91. The van der Waals surface area contributed by atoms with Crippen molar-refractivity contribution in [3.05, 3.63) is 40.5 Å².